The molecule has 2 aromatic carbocycles. The van der Waals surface area contributed by atoms with E-state index in [0.29, 0.717) is 24.8 Å². The zero-order valence-electron chi connectivity index (χ0n) is 15.8. The summed E-state index contributed by atoms with van der Waals surface area (Å²) in [6.07, 6.45) is -0.0848. The number of benzene rings is 2. The van der Waals surface area contributed by atoms with Crippen LogP contribution in [0.5, 0.6) is 5.75 Å². The standard InChI is InChI=1S/C20H27FN4O/c1-15(26-19-11-7-17(21)8-12-19)13-23-20(22-2)24-14-16-5-9-18(10-6-16)25(3)4/h5-12,15H,13-14H2,1-4H3,(H2,22,23,24). The van der Waals surface area contributed by atoms with Crippen LogP contribution in [0.3, 0.4) is 0 Å². The van der Waals surface area contributed by atoms with E-state index in [2.05, 4.69) is 44.8 Å². The van der Waals surface area contributed by atoms with E-state index in [1.807, 2.05) is 21.0 Å². The molecule has 0 saturated carbocycles. The van der Waals surface area contributed by atoms with Crippen molar-refractivity contribution in [2.45, 2.75) is 19.6 Å². The fourth-order valence-electron chi connectivity index (χ4n) is 2.35. The molecule has 1 atom stereocenters. The van der Waals surface area contributed by atoms with Gasteiger partial charge in [0.1, 0.15) is 17.7 Å². The Bertz CT molecular complexity index is 699. The van der Waals surface area contributed by atoms with E-state index in [4.69, 9.17) is 4.74 Å². The first-order valence-electron chi connectivity index (χ1n) is 8.61. The van der Waals surface area contributed by atoms with Gasteiger partial charge in [0.15, 0.2) is 5.96 Å². The first kappa shape index (κ1) is 19.6. The molecule has 5 nitrogen and oxygen atoms in total. The van der Waals surface area contributed by atoms with Crippen LogP contribution in [0.4, 0.5) is 10.1 Å². The quantitative estimate of drug-likeness (QED) is 0.590. The lowest BCUT2D eigenvalue weighted by molar-refractivity contribution is 0.223. The largest absolute Gasteiger partial charge is 0.489 e. The van der Waals surface area contributed by atoms with E-state index in [1.165, 1.54) is 23.4 Å². The lowest BCUT2D eigenvalue weighted by Gasteiger charge is -2.18. The summed E-state index contributed by atoms with van der Waals surface area (Å²) in [6, 6.07) is 14.4. The molecule has 2 aromatic rings. The molecule has 0 aliphatic heterocycles. The Morgan fingerprint density at radius 3 is 2.31 bits per heavy atom. The highest BCUT2D eigenvalue weighted by molar-refractivity contribution is 5.79. The van der Waals surface area contributed by atoms with Gasteiger partial charge in [-0.25, -0.2) is 4.39 Å². The van der Waals surface area contributed by atoms with Crippen molar-refractivity contribution in [3.05, 3.63) is 59.9 Å². The molecule has 0 fully saturated rings. The minimum absolute atomic E-state index is 0.0848. The Kier molecular flexibility index (Phi) is 7.26. The summed E-state index contributed by atoms with van der Waals surface area (Å²) >= 11 is 0. The summed E-state index contributed by atoms with van der Waals surface area (Å²) in [5.41, 5.74) is 2.34. The van der Waals surface area contributed by atoms with Gasteiger partial charge in [-0.3, -0.25) is 4.99 Å². The van der Waals surface area contributed by atoms with E-state index >= 15 is 0 Å². The highest BCUT2D eigenvalue weighted by Gasteiger charge is 2.06. The van der Waals surface area contributed by atoms with Crippen LogP contribution in [0, 0.1) is 5.82 Å². The molecule has 0 aliphatic rings. The van der Waals surface area contributed by atoms with Crippen molar-refractivity contribution in [1.82, 2.24) is 10.6 Å². The Morgan fingerprint density at radius 2 is 1.73 bits per heavy atom. The van der Waals surface area contributed by atoms with Gasteiger partial charge in [-0.2, -0.15) is 0 Å². The van der Waals surface area contributed by atoms with Crippen LogP contribution in [0.15, 0.2) is 53.5 Å². The zero-order valence-corrected chi connectivity index (χ0v) is 15.8. The smallest absolute Gasteiger partial charge is 0.191 e. The molecule has 0 amide bonds. The molecule has 0 radical (unpaired) electrons. The van der Waals surface area contributed by atoms with Gasteiger partial charge in [0.25, 0.3) is 0 Å². The predicted molar refractivity (Wildman–Crippen MR) is 105 cm³/mol. The van der Waals surface area contributed by atoms with Crippen molar-refractivity contribution < 1.29 is 9.13 Å². The molecule has 6 heteroatoms. The van der Waals surface area contributed by atoms with Gasteiger partial charge in [-0.05, 0) is 48.9 Å². The molecule has 26 heavy (non-hydrogen) atoms. The number of nitrogens with zero attached hydrogens (tertiary/aromatic N) is 2. The fraction of sp³-hybridized carbons (Fsp3) is 0.350. The third-order valence-corrected chi connectivity index (χ3v) is 3.84. The summed E-state index contributed by atoms with van der Waals surface area (Å²) in [5.74, 6) is 1.08. The van der Waals surface area contributed by atoms with E-state index < -0.39 is 0 Å². The number of anilines is 1. The summed E-state index contributed by atoms with van der Waals surface area (Å²) < 4.78 is 18.7. The molecule has 0 saturated heterocycles. The van der Waals surface area contributed by atoms with Gasteiger partial charge < -0.3 is 20.3 Å². The van der Waals surface area contributed by atoms with Crippen LogP contribution in [0.1, 0.15) is 12.5 Å². The normalized spacial score (nSPS) is 12.4. The Hall–Kier alpha value is -2.76. The van der Waals surface area contributed by atoms with Crippen molar-refractivity contribution >= 4 is 11.6 Å². The molecule has 2 N–H and O–H groups in total. The average molecular weight is 358 g/mol. The van der Waals surface area contributed by atoms with Gasteiger partial charge in [-0.15, -0.1) is 0 Å². The summed E-state index contributed by atoms with van der Waals surface area (Å²) in [4.78, 5) is 6.29. The summed E-state index contributed by atoms with van der Waals surface area (Å²) in [6.45, 7) is 3.21. The molecule has 0 aliphatic carbocycles. The molecule has 1 unspecified atom stereocenters. The second kappa shape index (κ2) is 9.65. The first-order chi connectivity index (χ1) is 12.5. The maximum Gasteiger partial charge on any atom is 0.191 e. The third-order valence-electron chi connectivity index (χ3n) is 3.84. The fourth-order valence-corrected chi connectivity index (χ4v) is 2.35. The maximum atomic E-state index is 12.9. The minimum Gasteiger partial charge on any atom is -0.489 e. The molecule has 0 heterocycles. The van der Waals surface area contributed by atoms with Crippen molar-refractivity contribution in [1.29, 1.82) is 0 Å². The molecular formula is C20H27FN4O. The zero-order chi connectivity index (χ0) is 18.9. The van der Waals surface area contributed by atoms with E-state index in [9.17, 15) is 4.39 Å². The predicted octanol–water partition coefficient (Wildman–Crippen LogP) is 3.02. The van der Waals surface area contributed by atoms with Gasteiger partial charge in [0.2, 0.25) is 0 Å². The second-order valence-electron chi connectivity index (χ2n) is 6.25. The number of hydrogen-bond donors (Lipinski definition) is 2. The lowest BCUT2D eigenvalue weighted by Crippen LogP contribution is -2.41. The van der Waals surface area contributed by atoms with Crippen molar-refractivity contribution in [3.8, 4) is 5.75 Å². The van der Waals surface area contributed by atoms with Crippen molar-refractivity contribution in [2.75, 3.05) is 32.6 Å². The minimum atomic E-state index is -0.272. The molecule has 0 aromatic heterocycles. The van der Waals surface area contributed by atoms with Crippen molar-refractivity contribution in [3.63, 3.8) is 0 Å². The number of nitrogens with one attached hydrogen (secondary N) is 2. The van der Waals surface area contributed by atoms with Gasteiger partial charge in [-0.1, -0.05) is 12.1 Å². The van der Waals surface area contributed by atoms with Gasteiger partial charge >= 0.3 is 0 Å². The van der Waals surface area contributed by atoms with Crippen LogP contribution in [-0.2, 0) is 6.54 Å². The Balaban J connectivity index is 1.77. The third kappa shape index (κ3) is 6.27. The summed E-state index contributed by atoms with van der Waals surface area (Å²) in [7, 11) is 5.78. The van der Waals surface area contributed by atoms with Crippen LogP contribution in [-0.4, -0.2) is 39.8 Å². The van der Waals surface area contributed by atoms with Crippen LogP contribution >= 0.6 is 0 Å². The second-order valence-corrected chi connectivity index (χ2v) is 6.25. The first-order valence-corrected chi connectivity index (χ1v) is 8.61. The summed E-state index contributed by atoms with van der Waals surface area (Å²) in [5, 5.41) is 6.51. The number of ether oxygens (including phenoxy) is 1. The van der Waals surface area contributed by atoms with Crippen molar-refractivity contribution in [2.24, 2.45) is 4.99 Å². The van der Waals surface area contributed by atoms with Gasteiger partial charge in [0, 0.05) is 33.4 Å². The maximum absolute atomic E-state index is 12.9. The molecule has 140 valence electrons. The molecule has 2 rings (SSSR count). The van der Waals surface area contributed by atoms with Gasteiger partial charge in [0.05, 0.1) is 6.54 Å². The number of hydrogen-bond acceptors (Lipinski definition) is 3. The Morgan fingerprint density at radius 1 is 1.08 bits per heavy atom. The number of aliphatic imine (C=N–C) groups is 1. The number of guanidine groups is 1. The van der Waals surface area contributed by atoms with Crippen LogP contribution in [0.2, 0.25) is 0 Å². The van der Waals surface area contributed by atoms with E-state index in [0.717, 1.165) is 0 Å². The molecule has 0 bridgehead atoms. The van der Waals surface area contributed by atoms with Crippen LogP contribution < -0.4 is 20.3 Å². The topological polar surface area (TPSA) is 48.9 Å². The SMILES string of the molecule is CN=C(NCc1ccc(N(C)C)cc1)NCC(C)Oc1ccc(F)cc1. The van der Waals surface area contributed by atoms with E-state index in [-0.39, 0.29) is 11.9 Å². The number of rotatable bonds is 7. The highest BCUT2D eigenvalue weighted by atomic mass is 19.1. The Labute approximate surface area is 154 Å². The number of halogens is 1. The highest BCUT2D eigenvalue weighted by Crippen LogP contribution is 2.13. The molecule has 0 spiro atoms. The monoisotopic (exact) mass is 358 g/mol. The van der Waals surface area contributed by atoms with Crippen LogP contribution in [0.25, 0.3) is 0 Å². The lowest BCUT2D eigenvalue weighted by atomic mass is 10.2. The average Bonchev–Trinajstić information content (AvgIpc) is 2.64. The molecular weight excluding hydrogens is 331 g/mol. The van der Waals surface area contributed by atoms with E-state index in [1.54, 1.807) is 19.2 Å².